The summed E-state index contributed by atoms with van der Waals surface area (Å²) in [5.74, 6) is -0.721. The fraction of sp³-hybridized carbons (Fsp3) is 0.471. The first-order valence-electron chi connectivity index (χ1n) is 8.35. The van der Waals surface area contributed by atoms with Crippen LogP contribution in [0.2, 0.25) is 6.04 Å². The molecule has 0 atom stereocenters. The second kappa shape index (κ2) is 9.37. The summed E-state index contributed by atoms with van der Waals surface area (Å²) in [6.45, 7) is 4.36. The van der Waals surface area contributed by atoms with Gasteiger partial charge in [-0.3, -0.25) is 14.4 Å². The fourth-order valence-electron chi connectivity index (χ4n) is 2.51. The molecule has 1 heterocycles. The van der Waals surface area contributed by atoms with Crippen molar-refractivity contribution in [1.82, 2.24) is 0 Å². The summed E-state index contributed by atoms with van der Waals surface area (Å²) in [7, 11) is -3.81. The highest BCUT2D eigenvalue weighted by atomic mass is 28.4. The monoisotopic (exact) mass is 398 g/mol. The lowest BCUT2D eigenvalue weighted by Gasteiger charge is -2.26. The van der Waals surface area contributed by atoms with Crippen LogP contribution in [0, 0.1) is 0 Å². The first kappa shape index (κ1) is 20.7. The van der Waals surface area contributed by atoms with Crippen molar-refractivity contribution in [3.8, 4) is 11.5 Å². The van der Waals surface area contributed by atoms with Gasteiger partial charge in [0.1, 0.15) is 11.5 Å². The summed E-state index contributed by atoms with van der Waals surface area (Å²) in [5.41, 5.74) is 0.877. The summed E-state index contributed by atoms with van der Waals surface area (Å²) in [6.07, 6.45) is 0.337. The Morgan fingerprint density at radius 3 is 2.26 bits per heavy atom. The van der Waals surface area contributed by atoms with Crippen LogP contribution < -0.4 is 9.47 Å². The molecule has 1 aromatic rings. The summed E-state index contributed by atoms with van der Waals surface area (Å²) < 4.78 is 31.6. The van der Waals surface area contributed by atoms with Crippen LogP contribution in [0.1, 0.15) is 32.8 Å². The van der Waals surface area contributed by atoms with Gasteiger partial charge in [-0.15, -0.1) is 0 Å². The molecule has 2 rings (SSSR count). The third-order valence-electron chi connectivity index (χ3n) is 3.38. The molecule has 1 aliphatic heterocycles. The molecular formula is C17H22O9Si. The van der Waals surface area contributed by atoms with Crippen molar-refractivity contribution in [2.24, 2.45) is 0 Å². The van der Waals surface area contributed by atoms with Crippen molar-refractivity contribution in [2.45, 2.75) is 39.8 Å². The normalized spacial score (nSPS) is 13.0. The molecule has 10 heteroatoms. The number of hydrogen-bond donors (Lipinski definition) is 0. The van der Waals surface area contributed by atoms with Gasteiger partial charge in [-0.05, 0) is 24.6 Å². The van der Waals surface area contributed by atoms with Gasteiger partial charge in [0.25, 0.3) is 17.9 Å². The highest BCUT2D eigenvalue weighted by Gasteiger charge is 2.51. The topological polar surface area (TPSA) is 107 Å². The van der Waals surface area contributed by atoms with E-state index in [-0.39, 0.29) is 19.4 Å². The van der Waals surface area contributed by atoms with Crippen molar-refractivity contribution < 1.29 is 41.9 Å². The molecule has 0 radical (unpaired) electrons. The van der Waals surface area contributed by atoms with Crippen LogP contribution in [0.3, 0.4) is 0 Å². The SMILES string of the molecule is CC(=O)O[Si](CCCOc1ccc2c(c1)COCO2)(OC(C)=O)OC(C)=O. The Kier molecular flexibility index (Phi) is 7.19. The second-order valence-electron chi connectivity index (χ2n) is 5.80. The average molecular weight is 398 g/mol. The number of fused-ring (bicyclic) bond motifs is 1. The molecule has 0 fully saturated rings. The van der Waals surface area contributed by atoms with Crippen LogP contribution in [-0.2, 0) is 39.0 Å². The predicted octanol–water partition coefficient (Wildman–Crippen LogP) is 1.95. The van der Waals surface area contributed by atoms with Gasteiger partial charge in [0, 0.05) is 26.3 Å². The Morgan fingerprint density at radius 2 is 1.67 bits per heavy atom. The molecule has 1 aliphatic rings. The highest BCUT2D eigenvalue weighted by Crippen LogP contribution is 2.28. The van der Waals surface area contributed by atoms with Crippen LogP contribution in [0.15, 0.2) is 18.2 Å². The molecule has 0 amide bonds. The molecule has 148 valence electrons. The van der Waals surface area contributed by atoms with E-state index in [1.54, 1.807) is 12.1 Å². The number of hydrogen-bond acceptors (Lipinski definition) is 9. The van der Waals surface area contributed by atoms with Gasteiger partial charge < -0.3 is 27.5 Å². The number of benzene rings is 1. The number of ether oxygens (including phenoxy) is 3. The zero-order chi connectivity index (χ0) is 19.9. The van der Waals surface area contributed by atoms with Crippen molar-refractivity contribution in [1.29, 1.82) is 0 Å². The molecule has 0 aromatic heterocycles. The van der Waals surface area contributed by atoms with E-state index >= 15 is 0 Å². The fourth-order valence-corrected chi connectivity index (χ4v) is 4.83. The summed E-state index contributed by atoms with van der Waals surface area (Å²) >= 11 is 0. The molecule has 0 saturated heterocycles. The van der Waals surface area contributed by atoms with Crippen molar-refractivity contribution in [2.75, 3.05) is 13.4 Å². The van der Waals surface area contributed by atoms with Gasteiger partial charge in [-0.2, -0.15) is 0 Å². The second-order valence-corrected chi connectivity index (χ2v) is 8.27. The van der Waals surface area contributed by atoms with E-state index in [2.05, 4.69) is 0 Å². The third kappa shape index (κ3) is 6.57. The van der Waals surface area contributed by atoms with Gasteiger partial charge in [0.15, 0.2) is 6.79 Å². The largest absolute Gasteiger partial charge is 0.705 e. The van der Waals surface area contributed by atoms with Gasteiger partial charge >= 0.3 is 8.80 Å². The highest BCUT2D eigenvalue weighted by molar-refractivity contribution is 6.65. The Morgan fingerprint density at radius 1 is 1.04 bits per heavy atom. The van der Waals surface area contributed by atoms with Crippen molar-refractivity contribution in [3.05, 3.63) is 23.8 Å². The zero-order valence-corrected chi connectivity index (χ0v) is 16.4. The molecule has 1 aromatic carbocycles. The first-order valence-corrected chi connectivity index (χ1v) is 10.3. The molecule has 27 heavy (non-hydrogen) atoms. The van der Waals surface area contributed by atoms with E-state index in [0.29, 0.717) is 18.8 Å². The molecular weight excluding hydrogens is 376 g/mol. The van der Waals surface area contributed by atoms with E-state index in [1.165, 1.54) is 0 Å². The maximum atomic E-state index is 11.4. The predicted molar refractivity (Wildman–Crippen MR) is 92.7 cm³/mol. The number of rotatable bonds is 8. The maximum Gasteiger partial charge on any atom is 0.705 e. The van der Waals surface area contributed by atoms with E-state index in [9.17, 15) is 14.4 Å². The Balaban J connectivity index is 1.96. The maximum absolute atomic E-state index is 11.4. The van der Waals surface area contributed by atoms with E-state index < -0.39 is 26.7 Å². The van der Waals surface area contributed by atoms with Crippen molar-refractivity contribution in [3.63, 3.8) is 0 Å². The van der Waals surface area contributed by atoms with Crippen LogP contribution in [0.25, 0.3) is 0 Å². The third-order valence-corrected chi connectivity index (χ3v) is 6.14. The minimum Gasteiger partial charge on any atom is -0.494 e. The molecule has 0 aliphatic carbocycles. The Bertz CT molecular complexity index is 663. The molecule has 9 nitrogen and oxygen atoms in total. The summed E-state index contributed by atoms with van der Waals surface area (Å²) in [4.78, 5) is 34.2. The minimum absolute atomic E-state index is 0.0584. The first-order chi connectivity index (χ1) is 12.8. The van der Waals surface area contributed by atoms with E-state index in [4.69, 9.17) is 27.5 Å². The number of carbonyl (C=O) groups is 3. The van der Waals surface area contributed by atoms with Gasteiger partial charge in [-0.25, -0.2) is 0 Å². The molecule has 0 N–H and O–H groups in total. The standard InChI is InChI=1S/C17H22O9Si/c1-12(18)24-27(25-13(2)19,26-14(3)20)8-4-7-22-16-5-6-17-15(9-16)10-21-11-23-17/h5-6,9H,4,7-8,10-11H2,1-3H3. The smallest absolute Gasteiger partial charge is 0.494 e. The van der Waals surface area contributed by atoms with Gasteiger partial charge in [-0.1, -0.05) is 0 Å². The van der Waals surface area contributed by atoms with Gasteiger partial charge in [0.05, 0.1) is 19.3 Å². The van der Waals surface area contributed by atoms with Crippen LogP contribution >= 0.6 is 0 Å². The van der Waals surface area contributed by atoms with E-state index in [1.807, 2.05) is 6.07 Å². The summed E-state index contributed by atoms with van der Waals surface area (Å²) in [5, 5.41) is 0. The summed E-state index contributed by atoms with van der Waals surface area (Å²) in [6, 6.07) is 5.42. The number of carbonyl (C=O) groups excluding carboxylic acids is 3. The quantitative estimate of drug-likeness (QED) is 0.480. The molecule has 0 spiro atoms. The Hall–Kier alpha value is -2.59. The molecule has 0 saturated carbocycles. The minimum atomic E-state index is -3.81. The zero-order valence-electron chi connectivity index (χ0n) is 15.4. The lowest BCUT2D eigenvalue weighted by atomic mass is 10.2. The van der Waals surface area contributed by atoms with Crippen LogP contribution in [-0.4, -0.2) is 40.1 Å². The lowest BCUT2D eigenvalue weighted by molar-refractivity contribution is -0.147. The van der Waals surface area contributed by atoms with Crippen molar-refractivity contribution >= 4 is 26.7 Å². The van der Waals surface area contributed by atoms with Gasteiger partial charge in [0.2, 0.25) is 0 Å². The lowest BCUT2D eigenvalue weighted by Crippen LogP contribution is -2.49. The van der Waals surface area contributed by atoms with E-state index in [0.717, 1.165) is 32.1 Å². The van der Waals surface area contributed by atoms with Crippen LogP contribution in [0.4, 0.5) is 0 Å². The van der Waals surface area contributed by atoms with Crippen LogP contribution in [0.5, 0.6) is 11.5 Å². The average Bonchev–Trinajstić information content (AvgIpc) is 2.56. The molecule has 0 unspecified atom stereocenters. The Labute approximate surface area is 157 Å². The molecule has 0 bridgehead atoms.